The Hall–Kier alpha value is -2.20. The van der Waals surface area contributed by atoms with E-state index >= 15 is 0 Å². The molecular formula is C15H13ClO4. The highest BCUT2D eigenvalue weighted by atomic mass is 35.5. The van der Waals surface area contributed by atoms with Crippen LogP contribution < -0.4 is 4.74 Å². The lowest BCUT2D eigenvalue weighted by atomic mass is 10.0. The molecule has 2 rings (SSSR count). The van der Waals surface area contributed by atoms with Crippen LogP contribution in [-0.4, -0.2) is 23.1 Å². The molecule has 5 heteroatoms. The van der Waals surface area contributed by atoms with Gasteiger partial charge in [0.25, 0.3) is 0 Å². The quantitative estimate of drug-likeness (QED) is 0.849. The largest absolute Gasteiger partial charge is 0.507 e. The summed E-state index contributed by atoms with van der Waals surface area (Å²) < 4.78 is 5.04. The number of carbonyl (C=O) groups excluding carboxylic acids is 1. The first-order valence-corrected chi connectivity index (χ1v) is 6.26. The smallest absolute Gasteiger partial charge is 0.171 e. The summed E-state index contributed by atoms with van der Waals surface area (Å²) in [6.45, 7) is 0. The summed E-state index contributed by atoms with van der Waals surface area (Å²) in [6.07, 6.45) is 0.124. The normalized spacial score (nSPS) is 10.3. The van der Waals surface area contributed by atoms with Crippen LogP contribution in [0.4, 0.5) is 0 Å². The average Bonchev–Trinajstić information content (AvgIpc) is 2.43. The van der Waals surface area contributed by atoms with E-state index in [9.17, 15) is 15.0 Å². The average molecular weight is 293 g/mol. The second kappa shape index (κ2) is 5.84. The van der Waals surface area contributed by atoms with Gasteiger partial charge in [-0.15, -0.1) is 0 Å². The lowest BCUT2D eigenvalue weighted by Crippen LogP contribution is -2.04. The maximum Gasteiger partial charge on any atom is 0.171 e. The van der Waals surface area contributed by atoms with Gasteiger partial charge in [0.2, 0.25) is 0 Å². The lowest BCUT2D eigenvalue weighted by molar-refractivity contribution is 0.0990. The van der Waals surface area contributed by atoms with Crippen molar-refractivity contribution in [1.82, 2.24) is 0 Å². The predicted molar refractivity (Wildman–Crippen MR) is 75.8 cm³/mol. The van der Waals surface area contributed by atoms with Crippen molar-refractivity contribution in [3.05, 3.63) is 52.5 Å². The van der Waals surface area contributed by atoms with Gasteiger partial charge >= 0.3 is 0 Å². The molecule has 0 radical (unpaired) electrons. The Kier molecular flexibility index (Phi) is 4.15. The molecule has 0 aliphatic heterocycles. The number of phenols is 2. The minimum absolute atomic E-state index is 0.0286. The molecule has 0 aliphatic carbocycles. The third-order valence-corrected chi connectivity index (χ3v) is 3.19. The number of hydrogen-bond donors (Lipinski definition) is 2. The number of hydrogen-bond acceptors (Lipinski definition) is 4. The molecule has 0 bridgehead atoms. The van der Waals surface area contributed by atoms with Crippen molar-refractivity contribution in [2.75, 3.05) is 7.11 Å². The molecule has 0 spiro atoms. The number of Topliss-reactive ketones (excluding diaryl/α,β-unsaturated/α-hetero) is 1. The summed E-state index contributed by atoms with van der Waals surface area (Å²) in [4.78, 5) is 12.1. The van der Waals surface area contributed by atoms with Gasteiger partial charge in [-0.25, -0.2) is 0 Å². The van der Waals surface area contributed by atoms with E-state index in [2.05, 4.69) is 0 Å². The second-order valence-corrected chi connectivity index (χ2v) is 4.68. The summed E-state index contributed by atoms with van der Waals surface area (Å²) in [5.41, 5.74) is 0.878. The lowest BCUT2D eigenvalue weighted by Gasteiger charge is -2.07. The Morgan fingerprint density at radius 3 is 2.40 bits per heavy atom. The number of aromatic hydroxyl groups is 2. The van der Waals surface area contributed by atoms with E-state index in [0.717, 1.165) is 11.6 Å². The maximum atomic E-state index is 12.1. The number of halogens is 1. The number of phenolic OH excluding ortho intramolecular Hbond substituents is 2. The van der Waals surface area contributed by atoms with Crippen LogP contribution in [0.3, 0.4) is 0 Å². The zero-order chi connectivity index (χ0) is 14.7. The molecule has 2 N–H and O–H groups in total. The molecule has 2 aromatic carbocycles. The van der Waals surface area contributed by atoms with E-state index in [1.54, 1.807) is 31.4 Å². The van der Waals surface area contributed by atoms with E-state index in [-0.39, 0.29) is 34.3 Å². The highest BCUT2D eigenvalue weighted by Gasteiger charge is 2.15. The minimum Gasteiger partial charge on any atom is -0.507 e. The van der Waals surface area contributed by atoms with Crippen LogP contribution in [0.1, 0.15) is 15.9 Å². The van der Waals surface area contributed by atoms with Gasteiger partial charge in [0.05, 0.1) is 17.7 Å². The van der Waals surface area contributed by atoms with E-state index in [0.29, 0.717) is 5.75 Å². The van der Waals surface area contributed by atoms with Crippen LogP contribution in [0.5, 0.6) is 17.2 Å². The molecule has 0 amide bonds. The van der Waals surface area contributed by atoms with E-state index < -0.39 is 0 Å². The SMILES string of the molecule is COc1ccc(CC(=O)c2cc(Cl)c(O)cc2O)cc1. The summed E-state index contributed by atoms with van der Waals surface area (Å²) in [5.74, 6) is -0.123. The number of benzene rings is 2. The van der Waals surface area contributed by atoms with Gasteiger partial charge in [0.1, 0.15) is 17.2 Å². The summed E-state index contributed by atoms with van der Waals surface area (Å²) >= 11 is 5.74. The second-order valence-electron chi connectivity index (χ2n) is 4.27. The van der Waals surface area contributed by atoms with Crippen LogP contribution >= 0.6 is 11.6 Å². The van der Waals surface area contributed by atoms with Crippen LogP contribution in [0.2, 0.25) is 5.02 Å². The van der Waals surface area contributed by atoms with Gasteiger partial charge in [0.15, 0.2) is 5.78 Å². The Morgan fingerprint density at radius 1 is 1.15 bits per heavy atom. The molecule has 20 heavy (non-hydrogen) atoms. The number of carbonyl (C=O) groups is 1. The van der Waals surface area contributed by atoms with Crippen LogP contribution in [-0.2, 0) is 6.42 Å². The fourth-order valence-corrected chi connectivity index (χ4v) is 1.96. The van der Waals surface area contributed by atoms with Crippen LogP contribution in [0.25, 0.3) is 0 Å². The predicted octanol–water partition coefficient (Wildman–Crippen LogP) is 3.19. The maximum absolute atomic E-state index is 12.1. The third-order valence-electron chi connectivity index (χ3n) is 2.89. The summed E-state index contributed by atoms with van der Waals surface area (Å²) in [6, 6.07) is 9.38. The monoisotopic (exact) mass is 292 g/mol. The first-order valence-electron chi connectivity index (χ1n) is 5.89. The molecule has 0 aromatic heterocycles. The van der Waals surface area contributed by atoms with E-state index in [1.807, 2.05) is 0 Å². The zero-order valence-electron chi connectivity index (χ0n) is 10.8. The molecule has 0 saturated carbocycles. The fourth-order valence-electron chi connectivity index (χ4n) is 1.80. The molecule has 0 atom stereocenters. The van der Waals surface area contributed by atoms with Crippen molar-refractivity contribution >= 4 is 17.4 Å². The first-order chi connectivity index (χ1) is 9.51. The third kappa shape index (κ3) is 3.03. The number of ketones is 1. The molecular weight excluding hydrogens is 280 g/mol. The fraction of sp³-hybridized carbons (Fsp3) is 0.133. The van der Waals surface area contributed by atoms with Crippen molar-refractivity contribution in [1.29, 1.82) is 0 Å². The van der Waals surface area contributed by atoms with E-state index in [1.165, 1.54) is 6.07 Å². The molecule has 4 nitrogen and oxygen atoms in total. The molecule has 2 aromatic rings. The summed E-state index contributed by atoms with van der Waals surface area (Å²) in [5, 5.41) is 19.1. The molecule has 0 aliphatic rings. The molecule has 0 fully saturated rings. The topological polar surface area (TPSA) is 66.8 Å². The van der Waals surface area contributed by atoms with Crippen LogP contribution in [0.15, 0.2) is 36.4 Å². The highest BCUT2D eigenvalue weighted by Crippen LogP contribution is 2.31. The highest BCUT2D eigenvalue weighted by molar-refractivity contribution is 6.32. The Balaban J connectivity index is 2.21. The molecule has 0 saturated heterocycles. The summed E-state index contributed by atoms with van der Waals surface area (Å²) in [7, 11) is 1.57. The Morgan fingerprint density at radius 2 is 1.80 bits per heavy atom. The van der Waals surface area contributed by atoms with Crippen LogP contribution in [0, 0.1) is 0 Å². The molecule has 0 heterocycles. The molecule has 0 unspecified atom stereocenters. The van der Waals surface area contributed by atoms with Gasteiger partial charge in [-0.3, -0.25) is 4.79 Å². The van der Waals surface area contributed by atoms with Crippen molar-refractivity contribution in [2.24, 2.45) is 0 Å². The van der Waals surface area contributed by atoms with Crippen molar-refractivity contribution < 1.29 is 19.7 Å². The van der Waals surface area contributed by atoms with Gasteiger partial charge in [0, 0.05) is 12.5 Å². The van der Waals surface area contributed by atoms with Crippen molar-refractivity contribution in [3.8, 4) is 17.2 Å². The van der Waals surface area contributed by atoms with Crippen molar-refractivity contribution in [2.45, 2.75) is 6.42 Å². The Labute approximate surface area is 121 Å². The van der Waals surface area contributed by atoms with Gasteiger partial charge in [-0.05, 0) is 23.8 Å². The van der Waals surface area contributed by atoms with Gasteiger partial charge in [-0.2, -0.15) is 0 Å². The van der Waals surface area contributed by atoms with Gasteiger partial charge in [-0.1, -0.05) is 23.7 Å². The standard InChI is InChI=1S/C15H13ClO4/c1-20-10-4-2-9(3-5-10)6-13(17)11-7-12(16)15(19)8-14(11)18/h2-5,7-8,18-19H,6H2,1H3. The minimum atomic E-state index is -0.287. The van der Waals surface area contributed by atoms with Gasteiger partial charge < -0.3 is 14.9 Å². The first kappa shape index (κ1) is 14.2. The number of methoxy groups -OCH3 is 1. The van der Waals surface area contributed by atoms with E-state index in [4.69, 9.17) is 16.3 Å². The Bertz CT molecular complexity index is 635. The van der Waals surface area contributed by atoms with Crippen molar-refractivity contribution in [3.63, 3.8) is 0 Å². The number of rotatable bonds is 4. The molecule has 104 valence electrons. The number of ether oxygens (including phenoxy) is 1. The zero-order valence-corrected chi connectivity index (χ0v) is 11.5.